The Balaban J connectivity index is 2.20. The number of nitriles is 1. The Bertz CT molecular complexity index is 290. The van der Waals surface area contributed by atoms with Gasteiger partial charge in [-0.25, -0.2) is 0 Å². The lowest BCUT2D eigenvalue weighted by atomic mass is 9.81. The molecule has 0 atom stereocenters. The van der Waals surface area contributed by atoms with E-state index in [4.69, 9.17) is 10.00 Å². The summed E-state index contributed by atoms with van der Waals surface area (Å²) in [6.07, 6.45) is 5.58. The fourth-order valence-electron chi connectivity index (χ4n) is 2.29. The van der Waals surface area contributed by atoms with Gasteiger partial charge in [0.2, 0.25) is 0 Å². The number of carbonyl (C=O) groups is 1. The van der Waals surface area contributed by atoms with Crippen molar-refractivity contribution in [2.45, 2.75) is 64.9 Å². The molecule has 1 aliphatic rings. The molecule has 0 aromatic rings. The smallest absolute Gasteiger partial charge is 0.306 e. The van der Waals surface area contributed by atoms with Crippen molar-refractivity contribution >= 4 is 5.97 Å². The minimum Gasteiger partial charge on any atom is -0.460 e. The number of nitrogens with zero attached hydrogens (tertiary/aromatic N) is 1. The summed E-state index contributed by atoms with van der Waals surface area (Å²) in [5, 5.41) is 8.80. The predicted molar refractivity (Wildman–Crippen MR) is 66.1 cm³/mol. The van der Waals surface area contributed by atoms with Crippen LogP contribution >= 0.6 is 0 Å². The summed E-state index contributed by atoms with van der Waals surface area (Å²) in [6, 6.07) is 2.33. The first-order valence-electron chi connectivity index (χ1n) is 6.52. The van der Waals surface area contributed by atoms with E-state index in [9.17, 15) is 4.79 Å². The molecule has 1 fully saturated rings. The molecule has 0 spiro atoms. The van der Waals surface area contributed by atoms with E-state index < -0.39 is 0 Å². The van der Waals surface area contributed by atoms with Crippen LogP contribution in [0.4, 0.5) is 0 Å². The van der Waals surface area contributed by atoms with Crippen LogP contribution in [0.2, 0.25) is 0 Å². The molecular formula is C14H23NO2. The van der Waals surface area contributed by atoms with E-state index in [1.165, 1.54) is 0 Å². The highest BCUT2D eigenvalue weighted by molar-refractivity contribution is 5.69. The van der Waals surface area contributed by atoms with Crippen molar-refractivity contribution in [2.24, 2.45) is 11.8 Å². The topological polar surface area (TPSA) is 50.1 Å². The van der Waals surface area contributed by atoms with E-state index in [0.29, 0.717) is 12.3 Å². The average molecular weight is 237 g/mol. The minimum absolute atomic E-state index is 0.0973. The zero-order valence-electron chi connectivity index (χ0n) is 11.2. The van der Waals surface area contributed by atoms with Crippen LogP contribution in [-0.4, -0.2) is 11.6 Å². The Morgan fingerprint density at radius 1 is 1.29 bits per heavy atom. The van der Waals surface area contributed by atoms with Gasteiger partial charge in [-0.1, -0.05) is 0 Å². The third kappa shape index (κ3) is 5.72. The molecule has 1 aliphatic carbocycles. The number of esters is 1. The van der Waals surface area contributed by atoms with Gasteiger partial charge < -0.3 is 4.74 Å². The Hall–Kier alpha value is -1.04. The second-order valence-electron chi connectivity index (χ2n) is 5.97. The molecule has 96 valence electrons. The Morgan fingerprint density at radius 2 is 1.88 bits per heavy atom. The maximum absolute atomic E-state index is 11.5. The van der Waals surface area contributed by atoms with Crippen LogP contribution in [-0.2, 0) is 9.53 Å². The van der Waals surface area contributed by atoms with Gasteiger partial charge in [-0.15, -0.1) is 0 Å². The third-order valence-corrected chi connectivity index (χ3v) is 3.21. The van der Waals surface area contributed by atoms with Gasteiger partial charge in [-0.05, 0) is 58.8 Å². The predicted octanol–water partition coefficient (Wildman–Crippen LogP) is 3.44. The highest BCUT2D eigenvalue weighted by Crippen LogP contribution is 2.31. The van der Waals surface area contributed by atoms with Crippen molar-refractivity contribution in [1.82, 2.24) is 0 Å². The van der Waals surface area contributed by atoms with Crippen LogP contribution in [0, 0.1) is 23.2 Å². The largest absolute Gasteiger partial charge is 0.460 e. The van der Waals surface area contributed by atoms with E-state index in [0.717, 1.165) is 32.1 Å². The summed E-state index contributed by atoms with van der Waals surface area (Å²) in [4.78, 5) is 11.5. The molecule has 17 heavy (non-hydrogen) atoms. The lowest BCUT2D eigenvalue weighted by Gasteiger charge is -2.25. The maximum atomic E-state index is 11.5. The Labute approximate surface area is 104 Å². The molecule has 0 amide bonds. The van der Waals surface area contributed by atoms with Gasteiger partial charge in [0.25, 0.3) is 0 Å². The van der Waals surface area contributed by atoms with E-state index >= 15 is 0 Å². The van der Waals surface area contributed by atoms with E-state index in [-0.39, 0.29) is 17.5 Å². The number of ether oxygens (including phenoxy) is 1. The van der Waals surface area contributed by atoms with Crippen molar-refractivity contribution in [3.05, 3.63) is 0 Å². The summed E-state index contributed by atoms with van der Waals surface area (Å²) < 4.78 is 5.28. The van der Waals surface area contributed by atoms with Crippen LogP contribution in [0.1, 0.15) is 59.3 Å². The van der Waals surface area contributed by atoms with Gasteiger partial charge in [0, 0.05) is 12.3 Å². The highest BCUT2D eigenvalue weighted by Gasteiger charge is 2.22. The van der Waals surface area contributed by atoms with E-state index in [2.05, 4.69) is 6.07 Å². The molecular weight excluding hydrogens is 214 g/mol. The minimum atomic E-state index is -0.379. The average Bonchev–Trinajstić information content (AvgIpc) is 2.25. The van der Waals surface area contributed by atoms with Crippen molar-refractivity contribution in [3.63, 3.8) is 0 Å². The third-order valence-electron chi connectivity index (χ3n) is 3.21. The molecule has 0 bridgehead atoms. The first kappa shape index (κ1) is 14.0. The molecule has 0 heterocycles. The summed E-state index contributed by atoms with van der Waals surface area (Å²) in [7, 11) is 0. The van der Waals surface area contributed by atoms with Crippen LogP contribution in [0.15, 0.2) is 0 Å². The molecule has 3 heteroatoms. The second kappa shape index (κ2) is 6.05. The molecule has 0 N–H and O–H groups in total. The first-order valence-corrected chi connectivity index (χ1v) is 6.52. The SMILES string of the molecule is CC(C)(C)OC(=O)CCC1CCC(C#N)CC1. The van der Waals surface area contributed by atoms with E-state index in [1.54, 1.807) is 0 Å². The quantitative estimate of drug-likeness (QED) is 0.706. The summed E-state index contributed by atoms with van der Waals surface area (Å²) >= 11 is 0. The Kier molecular flexibility index (Phi) is 4.99. The zero-order chi connectivity index (χ0) is 12.9. The molecule has 0 saturated heterocycles. The van der Waals surface area contributed by atoms with Crippen molar-refractivity contribution in [1.29, 1.82) is 5.26 Å². The summed E-state index contributed by atoms with van der Waals surface area (Å²) in [6.45, 7) is 5.68. The van der Waals surface area contributed by atoms with Gasteiger partial charge in [0.15, 0.2) is 0 Å². The van der Waals surface area contributed by atoms with Gasteiger partial charge in [-0.2, -0.15) is 5.26 Å². The van der Waals surface area contributed by atoms with Gasteiger partial charge in [0.05, 0.1) is 6.07 Å². The van der Waals surface area contributed by atoms with Crippen LogP contribution < -0.4 is 0 Å². The van der Waals surface area contributed by atoms with Gasteiger partial charge >= 0.3 is 5.97 Å². The Morgan fingerprint density at radius 3 is 2.35 bits per heavy atom. The monoisotopic (exact) mass is 237 g/mol. The van der Waals surface area contributed by atoms with E-state index in [1.807, 2.05) is 20.8 Å². The van der Waals surface area contributed by atoms with Crippen LogP contribution in [0.25, 0.3) is 0 Å². The summed E-state index contributed by atoms with van der Waals surface area (Å²) in [5.74, 6) is 0.750. The number of hydrogen-bond donors (Lipinski definition) is 0. The lowest BCUT2D eigenvalue weighted by molar-refractivity contribution is -0.155. The first-order chi connectivity index (χ1) is 7.90. The number of rotatable bonds is 3. The molecule has 1 rings (SSSR count). The summed E-state index contributed by atoms with van der Waals surface area (Å²) in [5.41, 5.74) is -0.379. The normalized spacial score (nSPS) is 25.1. The fourth-order valence-corrected chi connectivity index (χ4v) is 2.29. The number of carbonyl (C=O) groups excluding carboxylic acids is 1. The molecule has 0 aromatic heterocycles. The second-order valence-corrected chi connectivity index (χ2v) is 5.97. The molecule has 0 aliphatic heterocycles. The molecule has 1 saturated carbocycles. The van der Waals surface area contributed by atoms with Crippen molar-refractivity contribution in [2.75, 3.05) is 0 Å². The standard InChI is InChI=1S/C14H23NO2/c1-14(2,3)17-13(16)9-8-11-4-6-12(10-15)7-5-11/h11-12H,4-9H2,1-3H3. The maximum Gasteiger partial charge on any atom is 0.306 e. The zero-order valence-corrected chi connectivity index (χ0v) is 11.2. The molecule has 0 aromatic carbocycles. The molecule has 0 radical (unpaired) electrons. The highest BCUT2D eigenvalue weighted by atomic mass is 16.6. The number of hydrogen-bond acceptors (Lipinski definition) is 3. The van der Waals surface area contributed by atoms with Crippen LogP contribution in [0.3, 0.4) is 0 Å². The van der Waals surface area contributed by atoms with Gasteiger partial charge in [0.1, 0.15) is 5.60 Å². The van der Waals surface area contributed by atoms with Crippen molar-refractivity contribution in [3.8, 4) is 6.07 Å². The van der Waals surface area contributed by atoms with Crippen molar-refractivity contribution < 1.29 is 9.53 Å². The fraction of sp³-hybridized carbons (Fsp3) is 0.857. The van der Waals surface area contributed by atoms with Gasteiger partial charge in [-0.3, -0.25) is 4.79 Å². The molecule has 3 nitrogen and oxygen atoms in total. The van der Waals surface area contributed by atoms with Crippen LogP contribution in [0.5, 0.6) is 0 Å². The molecule has 0 unspecified atom stereocenters. The lowest BCUT2D eigenvalue weighted by Crippen LogP contribution is -2.24.